The van der Waals surface area contributed by atoms with Gasteiger partial charge in [-0.25, -0.2) is 4.79 Å². The highest BCUT2D eigenvalue weighted by atomic mass is 16.6. The highest BCUT2D eigenvalue weighted by Crippen LogP contribution is 2.25. The molecule has 0 saturated heterocycles. The van der Waals surface area contributed by atoms with E-state index in [1.54, 1.807) is 52.0 Å². The number of hydrogen-bond acceptors (Lipinski definition) is 6. The molecule has 26 heavy (non-hydrogen) atoms. The normalized spacial score (nSPS) is 13.0. The minimum Gasteiger partial charge on any atom is -0.497 e. The van der Waals surface area contributed by atoms with E-state index in [2.05, 4.69) is 15.3 Å². The van der Waals surface area contributed by atoms with E-state index in [0.717, 1.165) is 0 Å². The van der Waals surface area contributed by atoms with Crippen LogP contribution in [-0.4, -0.2) is 37.4 Å². The molecule has 9 heteroatoms. The van der Waals surface area contributed by atoms with Crippen LogP contribution in [-0.2, 0) is 14.3 Å². The molecule has 0 aliphatic heterocycles. The molecule has 0 unspecified atom stereocenters. The van der Waals surface area contributed by atoms with E-state index in [-0.39, 0.29) is 6.61 Å². The molecule has 0 saturated carbocycles. The molecule has 0 radical (unpaired) electrons. The molecule has 0 aliphatic carbocycles. The predicted molar refractivity (Wildman–Crippen MR) is 94.7 cm³/mol. The van der Waals surface area contributed by atoms with E-state index in [0.29, 0.717) is 11.3 Å². The molecule has 1 N–H and O–H groups in total. The van der Waals surface area contributed by atoms with E-state index < -0.39 is 29.7 Å². The van der Waals surface area contributed by atoms with E-state index in [9.17, 15) is 9.59 Å². The smallest absolute Gasteiger partial charge is 0.408 e. The summed E-state index contributed by atoms with van der Waals surface area (Å²) in [5, 5.41) is 6.10. The molecule has 1 aromatic rings. The minimum absolute atomic E-state index is 0.105. The van der Waals surface area contributed by atoms with Gasteiger partial charge in [0, 0.05) is 4.91 Å². The summed E-state index contributed by atoms with van der Waals surface area (Å²) in [6.07, 6.45) is -0.757. The van der Waals surface area contributed by atoms with Gasteiger partial charge in [-0.1, -0.05) is 17.2 Å². The quantitative estimate of drug-likeness (QED) is 0.343. The first-order valence-electron chi connectivity index (χ1n) is 8.06. The fourth-order valence-corrected chi connectivity index (χ4v) is 2.15. The maximum atomic E-state index is 12.3. The molecule has 1 rings (SSSR count). The van der Waals surface area contributed by atoms with Crippen molar-refractivity contribution in [1.29, 1.82) is 0 Å². The molecule has 0 bridgehead atoms. The number of hydrogen-bond donors (Lipinski definition) is 1. The van der Waals surface area contributed by atoms with Crippen LogP contribution in [0.1, 0.15) is 39.3 Å². The summed E-state index contributed by atoms with van der Waals surface area (Å²) in [6.45, 7) is 6.87. The van der Waals surface area contributed by atoms with Crippen molar-refractivity contribution >= 4 is 12.1 Å². The van der Waals surface area contributed by atoms with Crippen LogP contribution in [0, 0.1) is 0 Å². The van der Waals surface area contributed by atoms with Gasteiger partial charge < -0.3 is 19.5 Å². The van der Waals surface area contributed by atoms with Crippen LogP contribution in [0.2, 0.25) is 0 Å². The zero-order valence-electron chi connectivity index (χ0n) is 15.6. The van der Waals surface area contributed by atoms with Crippen LogP contribution < -0.4 is 10.1 Å². The monoisotopic (exact) mass is 364 g/mol. The largest absolute Gasteiger partial charge is 0.497 e. The number of carbonyl (C=O) groups excluding carboxylic acids is 2. The minimum atomic E-state index is -1.31. The van der Waals surface area contributed by atoms with E-state index in [1.807, 2.05) is 0 Å². The second-order valence-corrected chi connectivity index (χ2v) is 6.30. The van der Waals surface area contributed by atoms with Crippen molar-refractivity contribution in [1.82, 2.24) is 5.32 Å². The summed E-state index contributed by atoms with van der Waals surface area (Å²) in [6, 6.07) is 4.40. The Labute approximate surface area is 152 Å². The summed E-state index contributed by atoms with van der Waals surface area (Å²) in [5.41, 5.74) is 8.62. The standard InChI is InChI=1S/C17H24N4O5/c1-6-25-15(22)14(20-21-18)13(19-16(23)26-17(2,3)4)11-8-7-9-12(10-11)24-5/h7-10,13-14H,6H2,1-5H3,(H,19,23)/t13-,14+/m1/s1. The number of alkyl carbamates (subject to hydrolysis) is 1. The van der Waals surface area contributed by atoms with Crippen molar-refractivity contribution in [2.45, 2.75) is 45.4 Å². The lowest BCUT2D eigenvalue weighted by Gasteiger charge is -2.26. The molecular formula is C17H24N4O5. The van der Waals surface area contributed by atoms with Gasteiger partial charge in [-0.05, 0) is 50.9 Å². The first-order chi connectivity index (χ1) is 12.2. The Morgan fingerprint density at radius 3 is 2.58 bits per heavy atom. The van der Waals surface area contributed by atoms with Gasteiger partial charge in [-0.2, -0.15) is 0 Å². The van der Waals surface area contributed by atoms with Crippen LogP contribution >= 0.6 is 0 Å². The number of azide groups is 1. The number of ether oxygens (including phenoxy) is 3. The first-order valence-corrected chi connectivity index (χ1v) is 8.06. The molecule has 1 aromatic carbocycles. The fourth-order valence-electron chi connectivity index (χ4n) is 2.15. The molecular weight excluding hydrogens is 340 g/mol. The highest BCUT2D eigenvalue weighted by Gasteiger charge is 2.33. The summed E-state index contributed by atoms with van der Waals surface area (Å²) in [5.74, 6) is -0.240. The number of amides is 1. The Morgan fingerprint density at radius 2 is 2.04 bits per heavy atom. The second-order valence-electron chi connectivity index (χ2n) is 6.30. The Balaban J connectivity index is 3.27. The van der Waals surface area contributed by atoms with Crippen molar-refractivity contribution in [3.63, 3.8) is 0 Å². The molecule has 142 valence electrons. The lowest BCUT2D eigenvalue weighted by Crippen LogP contribution is -2.42. The highest BCUT2D eigenvalue weighted by molar-refractivity contribution is 5.79. The summed E-state index contributed by atoms with van der Waals surface area (Å²) >= 11 is 0. The van der Waals surface area contributed by atoms with Crippen LogP contribution in [0.15, 0.2) is 29.4 Å². The Morgan fingerprint density at radius 1 is 1.35 bits per heavy atom. The topological polar surface area (TPSA) is 123 Å². The molecule has 0 spiro atoms. The van der Waals surface area contributed by atoms with Crippen molar-refractivity contribution in [2.24, 2.45) is 5.11 Å². The Hall–Kier alpha value is -2.93. The van der Waals surface area contributed by atoms with Crippen LogP contribution in [0.3, 0.4) is 0 Å². The van der Waals surface area contributed by atoms with Gasteiger partial charge in [-0.15, -0.1) is 0 Å². The Kier molecular flexibility index (Phi) is 7.74. The number of nitrogens with zero attached hydrogens (tertiary/aromatic N) is 3. The lowest BCUT2D eigenvalue weighted by molar-refractivity contribution is -0.145. The fraction of sp³-hybridized carbons (Fsp3) is 0.529. The SMILES string of the molecule is CCOC(=O)[C@@H](N=[N+]=[N-])[C@H](NC(=O)OC(C)(C)C)c1cccc(OC)c1. The molecule has 0 heterocycles. The van der Waals surface area contributed by atoms with Crippen molar-refractivity contribution < 1.29 is 23.8 Å². The van der Waals surface area contributed by atoms with Gasteiger partial charge in [0.25, 0.3) is 0 Å². The van der Waals surface area contributed by atoms with Crippen molar-refractivity contribution in [2.75, 3.05) is 13.7 Å². The van der Waals surface area contributed by atoms with Crippen molar-refractivity contribution in [3.8, 4) is 5.75 Å². The first kappa shape index (κ1) is 21.1. The third-order valence-corrected chi connectivity index (χ3v) is 3.15. The van der Waals surface area contributed by atoms with E-state index >= 15 is 0 Å². The Bertz CT molecular complexity index is 680. The van der Waals surface area contributed by atoms with Gasteiger partial charge in [0.1, 0.15) is 11.4 Å². The van der Waals surface area contributed by atoms with Crippen LogP contribution in [0.25, 0.3) is 10.4 Å². The molecule has 2 atom stereocenters. The number of nitrogens with one attached hydrogen (secondary N) is 1. The summed E-state index contributed by atoms with van der Waals surface area (Å²) < 4.78 is 15.4. The molecule has 0 aliphatic rings. The third-order valence-electron chi connectivity index (χ3n) is 3.15. The van der Waals surface area contributed by atoms with Crippen LogP contribution in [0.4, 0.5) is 4.79 Å². The third kappa shape index (κ3) is 6.52. The van der Waals surface area contributed by atoms with Gasteiger partial charge in [0.05, 0.1) is 19.8 Å². The molecule has 0 fully saturated rings. The predicted octanol–water partition coefficient (Wildman–Crippen LogP) is 3.50. The molecule has 9 nitrogen and oxygen atoms in total. The van der Waals surface area contributed by atoms with Gasteiger partial charge in [0.15, 0.2) is 6.04 Å². The maximum absolute atomic E-state index is 12.3. The van der Waals surface area contributed by atoms with E-state index in [4.69, 9.17) is 19.7 Å². The summed E-state index contributed by atoms with van der Waals surface area (Å²) in [4.78, 5) is 27.2. The van der Waals surface area contributed by atoms with Crippen LogP contribution in [0.5, 0.6) is 5.75 Å². The lowest BCUT2D eigenvalue weighted by atomic mass is 9.99. The number of methoxy groups -OCH3 is 1. The summed E-state index contributed by atoms with van der Waals surface area (Å²) in [7, 11) is 1.49. The second kappa shape index (κ2) is 9.53. The van der Waals surface area contributed by atoms with Gasteiger partial charge >= 0.3 is 12.1 Å². The van der Waals surface area contributed by atoms with E-state index in [1.165, 1.54) is 7.11 Å². The molecule has 1 amide bonds. The maximum Gasteiger partial charge on any atom is 0.408 e. The van der Waals surface area contributed by atoms with Gasteiger partial charge in [0.2, 0.25) is 0 Å². The number of esters is 1. The zero-order chi connectivity index (χ0) is 19.7. The number of rotatable bonds is 7. The average Bonchev–Trinajstić information content (AvgIpc) is 2.56. The zero-order valence-corrected chi connectivity index (χ0v) is 15.6. The number of carbonyl (C=O) groups is 2. The average molecular weight is 364 g/mol. The van der Waals surface area contributed by atoms with Gasteiger partial charge in [-0.3, -0.25) is 4.79 Å². The number of benzene rings is 1. The molecule has 0 aromatic heterocycles. The van der Waals surface area contributed by atoms with Crippen molar-refractivity contribution in [3.05, 3.63) is 40.3 Å².